The molecule has 1 aromatic carbocycles. The van der Waals surface area contributed by atoms with Crippen molar-refractivity contribution in [2.24, 2.45) is 0 Å². The van der Waals surface area contributed by atoms with E-state index < -0.39 is 11.4 Å². The Labute approximate surface area is 129 Å². The second kappa shape index (κ2) is 4.41. The highest BCUT2D eigenvalue weighted by molar-refractivity contribution is 5.94. The van der Waals surface area contributed by atoms with Crippen LogP contribution in [0.15, 0.2) is 42.5 Å². The second-order valence-electron chi connectivity index (χ2n) is 6.64. The van der Waals surface area contributed by atoms with Gasteiger partial charge in [-0.15, -0.1) is 0 Å². The van der Waals surface area contributed by atoms with Crippen LogP contribution in [0.5, 0.6) is 0 Å². The van der Waals surface area contributed by atoms with Crippen LogP contribution in [0, 0.1) is 0 Å². The van der Waals surface area contributed by atoms with Gasteiger partial charge in [0.1, 0.15) is 23.9 Å². The van der Waals surface area contributed by atoms with Crippen LogP contribution in [0.1, 0.15) is 31.1 Å². The Morgan fingerprint density at radius 1 is 1.14 bits per heavy atom. The molecule has 4 aliphatic rings. The molecule has 0 unspecified atom stereocenters. The summed E-state index contributed by atoms with van der Waals surface area (Å²) >= 11 is 0. The van der Waals surface area contributed by atoms with Crippen LogP contribution in [0.2, 0.25) is 0 Å². The van der Waals surface area contributed by atoms with E-state index in [0.717, 1.165) is 0 Å². The van der Waals surface area contributed by atoms with Gasteiger partial charge in [0, 0.05) is 5.56 Å². The van der Waals surface area contributed by atoms with Crippen LogP contribution >= 0.6 is 0 Å². The SMILES string of the molecule is CC1(C)O[C@H]2[C@H]3C=C[C@](C)(ON3C(=O)c3ccccc3)[C@H]2O1. The standard InChI is InChI=1S/C17H19NO4/c1-16(2)20-13-12-9-10-17(3,14(13)21-16)22-18(12)15(19)11-7-5-4-6-8-11/h4-10,12-14H,1-3H3/t12-,13+,14+,17+/m1/s1. The Bertz CT molecular complexity index is 641. The Morgan fingerprint density at radius 2 is 1.86 bits per heavy atom. The summed E-state index contributed by atoms with van der Waals surface area (Å²) in [7, 11) is 0. The highest BCUT2D eigenvalue weighted by Gasteiger charge is 2.61. The van der Waals surface area contributed by atoms with Crippen molar-refractivity contribution < 1.29 is 19.1 Å². The van der Waals surface area contributed by atoms with Crippen molar-refractivity contribution in [3.8, 4) is 0 Å². The van der Waals surface area contributed by atoms with E-state index in [1.807, 2.05) is 51.1 Å². The van der Waals surface area contributed by atoms with Crippen molar-refractivity contribution >= 4 is 5.91 Å². The van der Waals surface area contributed by atoms with E-state index in [0.29, 0.717) is 5.56 Å². The van der Waals surface area contributed by atoms with E-state index in [-0.39, 0.29) is 24.2 Å². The largest absolute Gasteiger partial charge is 0.342 e. The minimum absolute atomic E-state index is 0.159. The number of carbonyl (C=O) groups excluding carboxylic acids is 1. The van der Waals surface area contributed by atoms with E-state index in [9.17, 15) is 4.79 Å². The zero-order valence-corrected chi connectivity index (χ0v) is 12.9. The summed E-state index contributed by atoms with van der Waals surface area (Å²) in [6.45, 7) is 5.70. The molecule has 1 amide bonds. The molecule has 5 nitrogen and oxygen atoms in total. The number of hydroxylamine groups is 2. The molecule has 5 heteroatoms. The molecule has 0 N–H and O–H groups in total. The van der Waals surface area contributed by atoms with Crippen molar-refractivity contribution in [1.82, 2.24) is 5.06 Å². The summed E-state index contributed by atoms with van der Waals surface area (Å²) in [6.07, 6.45) is 3.53. The molecule has 5 rings (SSSR count). The molecule has 3 aliphatic heterocycles. The molecule has 0 aromatic heterocycles. The first-order valence-corrected chi connectivity index (χ1v) is 7.52. The van der Waals surface area contributed by atoms with Gasteiger partial charge >= 0.3 is 0 Å². The van der Waals surface area contributed by atoms with Gasteiger partial charge in [0.25, 0.3) is 5.91 Å². The number of amides is 1. The van der Waals surface area contributed by atoms with Crippen molar-refractivity contribution in [2.75, 3.05) is 0 Å². The lowest BCUT2D eigenvalue weighted by atomic mass is 9.82. The third-order valence-corrected chi connectivity index (χ3v) is 4.44. The summed E-state index contributed by atoms with van der Waals surface area (Å²) in [5.41, 5.74) is -0.0979. The van der Waals surface area contributed by atoms with Crippen LogP contribution < -0.4 is 0 Å². The number of fused-ring (bicyclic) bond motifs is 1. The highest BCUT2D eigenvalue weighted by Crippen LogP contribution is 2.46. The fourth-order valence-corrected chi connectivity index (χ4v) is 3.43. The number of hydrogen-bond donors (Lipinski definition) is 0. The first-order valence-electron chi connectivity index (χ1n) is 7.52. The zero-order chi connectivity index (χ0) is 15.5. The average molecular weight is 301 g/mol. The lowest BCUT2D eigenvalue weighted by Gasteiger charge is -2.50. The first-order chi connectivity index (χ1) is 10.4. The zero-order valence-electron chi connectivity index (χ0n) is 12.9. The molecule has 22 heavy (non-hydrogen) atoms. The van der Waals surface area contributed by atoms with Gasteiger partial charge < -0.3 is 9.47 Å². The Balaban J connectivity index is 1.68. The van der Waals surface area contributed by atoms with Crippen LogP contribution in [-0.2, 0) is 14.3 Å². The topological polar surface area (TPSA) is 48.0 Å². The third-order valence-electron chi connectivity index (χ3n) is 4.44. The Kier molecular flexibility index (Phi) is 2.79. The number of hydrogen-bond acceptors (Lipinski definition) is 4. The van der Waals surface area contributed by atoms with Gasteiger partial charge in [-0.05, 0) is 39.0 Å². The van der Waals surface area contributed by atoms with Crippen LogP contribution in [0.4, 0.5) is 0 Å². The minimum Gasteiger partial charge on any atom is -0.342 e. The van der Waals surface area contributed by atoms with Gasteiger partial charge in [-0.1, -0.05) is 24.3 Å². The molecule has 1 aliphatic carbocycles. The van der Waals surface area contributed by atoms with Crippen molar-refractivity contribution in [1.29, 1.82) is 0 Å². The third kappa shape index (κ3) is 1.93. The van der Waals surface area contributed by atoms with E-state index in [4.69, 9.17) is 14.3 Å². The van der Waals surface area contributed by atoms with Crippen molar-refractivity contribution in [3.63, 3.8) is 0 Å². The summed E-state index contributed by atoms with van der Waals surface area (Å²) < 4.78 is 12.0. The molecule has 0 radical (unpaired) electrons. The molecule has 4 atom stereocenters. The lowest BCUT2D eigenvalue weighted by Crippen LogP contribution is -2.67. The van der Waals surface area contributed by atoms with Gasteiger partial charge in [-0.25, -0.2) is 5.06 Å². The molecule has 2 saturated heterocycles. The predicted molar refractivity (Wildman–Crippen MR) is 78.9 cm³/mol. The van der Waals surface area contributed by atoms with Crippen LogP contribution in [0.25, 0.3) is 0 Å². The number of rotatable bonds is 1. The predicted octanol–water partition coefficient (Wildman–Crippen LogP) is 2.29. The summed E-state index contributed by atoms with van der Waals surface area (Å²) in [5, 5.41) is 1.43. The summed E-state index contributed by atoms with van der Waals surface area (Å²) in [5.74, 6) is -0.830. The van der Waals surface area contributed by atoms with E-state index >= 15 is 0 Å². The molecule has 2 bridgehead atoms. The number of benzene rings is 1. The van der Waals surface area contributed by atoms with Crippen molar-refractivity contribution in [2.45, 2.75) is 50.4 Å². The lowest BCUT2D eigenvalue weighted by molar-refractivity contribution is -0.285. The molecular weight excluding hydrogens is 282 g/mol. The Morgan fingerprint density at radius 3 is 2.59 bits per heavy atom. The molecule has 0 spiro atoms. The first kappa shape index (κ1) is 13.9. The Hall–Kier alpha value is -1.69. The maximum Gasteiger partial charge on any atom is 0.278 e. The minimum atomic E-state index is -0.697. The number of nitrogens with zero attached hydrogens (tertiary/aromatic N) is 1. The fraction of sp³-hybridized carbons (Fsp3) is 0.471. The molecule has 0 saturated carbocycles. The maximum absolute atomic E-state index is 12.8. The second-order valence-corrected chi connectivity index (χ2v) is 6.64. The van der Waals surface area contributed by atoms with Gasteiger partial charge in [0.15, 0.2) is 5.79 Å². The van der Waals surface area contributed by atoms with E-state index in [1.165, 1.54) is 5.06 Å². The van der Waals surface area contributed by atoms with Gasteiger partial charge in [0.05, 0.1) is 0 Å². The summed E-state index contributed by atoms with van der Waals surface area (Å²) in [6, 6.07) is 8.86. The molecule has 3 heterocycles. The van der Waals surface area contributed by atoms with E-state index in [2.05, 4.69) is 0 Å². The van der Waals surface area contributed by atoms with Gasteiger partial charge in [-0.2, -0.15) is 0 Å². The van der Waals surface area contributed by atoms with Gasteiger partial charge in [0.2, 0.25) is 0 Å². The maximum atomic E-state index is 12.8. The molecular formula is C17H19NO4. The van der Waals surface area contributed by atoms with Crippen molar-refractivity contribution in [3.05, 3.63) is 48.0 Å². The van der Waals surface area contributed by atoms with Crippen LogP contribution in [0.3, 0.4) is 0 Å². The quantitative estimate of drug-likeness (QED) is 0.747. The smallest absolute Gasteiger partial charge is 0.278 e. The molecule has 116 valence electrons. The van der Waals surface area contributed by atoms with E-state index in [1.54, 1.807) is 12.1 Å². The van der Waals surface area contributed by atoms with Gasteiger partial charge in [-0.3, -0.25) is 9.63 Å². The molecule has 1 aromatic rings. The van der Waals surface area contributed by atoms with Crippen LogP contribution in [-0.4, -0.2) is 40.6 Å². The normalized spacial score (nSPS) is 38.1. The number of ether oxygens (including phenoxy) is 2. The monoisotopic (exact) mass is 301 g/mol. The average Bonchev–Trinajstić information content (AvgIpc) is 2.84. The summed E-state index contributed by atoms with van der Waals surface area (Å²) in [4.78, 5) is 18.7. The highest BCUT2D eigenvalue weighted by atomic mass is 16.8. The fourth-order valence-electron chi connectivity index (χ4n) is 3.43. The molecule has 2 fully saturated rings. The number of carbonyl (C=O) groups is 1.